The van der Waals surface area contributed by atoms with Crippen LogP contribution in [-0.4, -0.2) is 30.5 Å². The highest BCUT2D eigenvalue weighted by atomic mass is 16.5. The molecule has 3 rings (SSSR count). The van der Waals surface area contributed by atoms with Crippen molar-refractivity contribution in [2.45, 2.75) is 47.5 Å². The molecule has 0 radical (unpaired) electrons. The minimum absolute atomic E-state index is 0.122. The molecule has 0 N–H and O–H groups in total. The van der Waals surface area contributed by atoms with E-state index in [-0.39, 0.29) is 39.5 Å². The van der Waals surface area contributed by atoms with Gasteiger partial charge in [-0.15, -0.1) is 0 Å². The summed E-state index contributed by atoms with van der Waals surface area (Å²) in [7, 11) is 0. The summed E-state index contributed by atoms with van der Waals surface area (Å²) in [6.07, 6.45) is 5.03. The van der Waals surface area contributed by atoms with Crippen LogP contribution in [0, 0.1) is 0 Å². The third-order valence-corrected chi connectivity index (χ3v) is 6.67. The molecular formula is C40H40O9. The molecule has 254 valence electrons. The summed E-state index contributed by atoms with van der Waals surface area (Å²) in [6.45, 7) is 23.1. The maximum absolute atomic E-state index is 12.8. The molecule has 0 atom stereocenters. The van der Waals surface area contributed by atoms with Crippen molar-refractivity contribution < 1.29 is 42.9 Å². The lowest BCUT2D eigenvalue weighted by Gasteiger charge is -2.18. The monoisotopic (exact) mass is 664 g/mol. The number of unbranched alkanes of at least 4 members (excludes halogenated alkanes) is 1. The molecule has 0 fully saturated rings. The van der Waals surface area contributed by atoms with Gasteiger partial charge in [-0.25, -0.2) is 19.2 Å². The minimum atomic E-state index is -0.678. The van der Waals surface area contributed by atoms with Crippen LogP contribution in [-0.2, 0) is 19.2 Å². The van der Waals surface area contributed by atoms with Gasteiger partial charge in [0.15, 0.2) is 0 Å². The van der Waals surface area contributed by atoms with E-state index in [1.54, 1.807) is 73.7 Å². The largest absolute Gasteiger partial charge is 0.493 e. The third kappa shape index (κ3) is 10.8. The summed E-state index contributed by atoms with van der Waals surface area (Å²) >= 11 is 0. The highest BCUT2D eigenvalue weighted by Crippen LogP contribution is 2.43. The predicted octanol–water partition coefficient (Wildman–Crippen LogP) is 8.63. The van der Waals surface area contributed by atoms with E-state index in [1.165, 1.54) is 20.8 Å². The molecule has 0 aliphatic heterocycles. The Labute approximate surface area is 286 Å². The first-order chi connectivity index (χ1) is 23.2. The molecule has 49 heavy (non-hydrogen) atoms. The van der Waals surface area contributed by atoms with Crippen LogP contribution in [0.25, 0.3) is 23.3 Å². The fourth-order valence-electron chi connectivity index (χ4n) is 3.92. The summed E-state index contributed by atoms with van der Waals surface area (Å²) in [5.74, 6) is -1.33. The standard InChI is InChI=1S/C40H40O9/c1-10-11-20-45-35-22-31(47-38(42)25(4)5)18-19-32(35)33-23-34(48-39(43)26(6)7)29(21-36(33)49-40(44)27(8)9)15-12-28-13-16-30(17-14-28)46-37(41)24(2)3/h12-19,21-23H,2,4,6,8,10-11,20H2,1,3,5,7,9H3/b15-12+. The number of carbonyl (C=O) groups is 4. The molecular weight excluding hydrogens is 624 g/mol. The number of hydrogen-bond acceptors (Lipinski definition) is 9. The lowest BCUT2D eigenvalue weighted by Crippen LogP contribution is -2.12. The SMILES string of the molecule is C=C(C)C(=O)Oc1ccc(/C=C/c2cc(OC(=O)C(=C)C)c(-c3ccc(OC(=O)C(=C)C)cc3OCCCC)cc2OC(=O)C(=C)C)cc1. The van der Waals surface area contributed by atoms with E-state index in [0.29, 0.717) is 34.8 Å². The third-order valence-electron chi connectivity index (χ3n) is 6.67. The quantitative estimate of drug-likeness (QED) is 0.0518. The smallest absolute Gasteiger partial charge is 0.338 e. The van der Waals surface area contributed by atoms with Gasteiger partial charge in [-0.2, -0.15) is 0 Å². The Hall–Kier alpha value is -5.96. The Balaban J connectivity index is 2.21. The van der Waals surface area contributed by atoms with Crippen molar-refractivity contribution >= 4 is 36.0 Å². The average molecular weight is 665 g/mol. The lowest BCUT2D eigenvalue weighted by atomic mass is 9.99. The summed E-state index contributed by atoms with van der Waals surface area (Å²) in [5.41, 5.74) is 2.76. The van der Waals surface area contributed by atoms with Crippen LogP contribution < -0.4 is 23.7 Å². The number of carbonyl (C=O) groups excluding carboxylic acids is 4. The van der Waals surface area contributed by atoms with Gasteiger partial charge in [0.05, 0.1) is 6.61 Å². The molecule has 0 heterocycles. The normalized spacial score (nSPS) is 10.6. The molecule has 0 aromatic heterocycles. The molecule has 0 saturated carbocycles. The zero-order chi connectivity index (χ0) is 36.2. The second-order valence-electron chi connectivity index (χ2n) is 11.3. The van der Waals surface area contributed by atoms with Gasteiger partial charge in [0.2, 0.25) is 0 Å². The fourth-order valence-corrected chi connectivity index (χ4v) is 3.92. The van der Waals surface area contributed by atoms with Crippen LogP contribution in [0.1, 0.15) is 58.6 Å². The van der Waals surface area contributed by atoms with E-state index in [1.807, 2.05) is 6.92 Å². The molecule has 9 nitrogen and oxygen atoms in total. The lowest BCUT2D eigenvalue weighted by molar-refractivity contribution is -0.131. The Morgan fingerprint density at radius 3 is 1.63 bits per heavy atom. The molecule has 0 spiro atoms. The highest BCUT2D eigenvalue weighted by molar-refractivity contribution is 5.94. The molecule has 0 bridgehead atoms. The molecule has 3 aromatic rings. The van der Waals surface area contributed by atoms with Crippen molar-refractivity contribution in [3.63, 3.8) is 0 Å². The zero-order valence-corrected chi connectivity index (χ0v) is 28.5. The Kier molecular flexibility index (Phi) is 13.2. The number of hydrogen-bond donors (Lipinski definition) is 0. The van der Waals surface area contributed by atoms with Crippen LogP contribution in [0.3, 0.4) is 0 Å². The number of ether oxygens (including phenoxy) is 5. The molecule has 0 aliphatic rings. The highest BCUT2D eigenvalue weighted by Gasteiger charge is 2.22. The van der Waals surface area contributed by atoms with E-state index in [0.717, 1.165) is 18.4 Å². The van der Waals surface area contributed by atoms with Crippen LogP contribution >= 0.6 is 0 Å². The molecule has 0 aliphatic carbocycles. The zero-order valence-electron chi connectivity index (χ0n) is 28.5. The van der Waals surface area contributed by atoms with Gasteiger partial charge >= 0.3 is 23.9 Å². The molecule has 3 aromatic carbocycles. The van der Waals surface area contributed by atoms with Gasteiger partial charge in [0.1, 0.15) is 28.7 Å². The number of rotatable bonds is 15. The van der Waals surface area contributed by atoms with Gasteiger partial charge in [-0.05, 0) is 76.1 Å². The van der Waals surface area contributed by atoms with Crippen molar-refractivity contribution in [1.82, 2.24) is 0 Å². The topological polar surface area (TPSA) is 114 Å². The summed E-state index contributed by atoms with van der Waals surface area (Å²) in [4.78, 5) is 49.8. The molecule has 0 amide bonds. The summed E-state index contributed by atoms with van der Waals surface area (Å²) in [5, 5.41) is 0. The number of esters is 4. The molecule has 0 unspecified atom stereocenters. The summed E-state index contributed by atoms with van der Waals surface area (Å²) in [6, 6.07) is 14.6. The van der Waals surface area contributed by atoms with Crippen molar-refractivity contribution in [3.8, 4) is 39.9 Å². The second kappa shape index (κ2) is 17.3. The maximum atomic E-state index is 12.8. The molecule has 0 saturated heterocycles. The average Bonchev–Trinajstić information content (AvgIpc) is 3.05. The van der Waals surface area contributed by atoms with E-state index >= 15 is 0 Å². The van der Waals surface area contributed by atoms with Crippen molar-refractivity contribution in [2.75, 3.05) is 6.61 Å². The number of benzene rings is 3. The van der Waals surface area contributed by atoms with E-state index in [2.05, 4.69) is 26.3 Å². The van der Waals surface area contributed by atoms with Gasteiger partial charge in [-0.3, -0.25) is 0 Å². The second-order valence-corrected chi connectivity index (χ2v) is 11.3. The van der Waals surface area contributed by atoms with Crippen molar-refractivity contribution in [1.29, 1.82) is 0 Å². The summed E-state index contributed by atoms with van der Waals surface area (Å²) < 4.78 is 28.4. The molecule has 9 heteroatoms. The Morgan fingerprint density at radius 1 is 0.571 bits per heavy atom. The van der Waals surface area contributed by atoms with E-state index in [9.17, 15) is 19.2 Å². The Morgan fingerprint density at radius 2 is 1.08 bits per heavy atom. The van der Waals surface area contributed by atoms with E-state index < -0.39 is 23.9 Å². The van der Waals surface area contributed by atoms with Crippen LogP contribution in [0.2, 0.25) is 0 Å². The minimum Gasteiger partial charge on any atom is -0.493 e. The van der Waals surface area contributed by atoms with Gasteiger partial charge in [0.25, 0.3) is 0 Å². The van der Waals surface area contributed by atoms with Crippen molar-refractivity contribution in [2.24, 2.45) is 0 Å². The predicted molar refractivity (Wildman–Crippen MR) is 189 cm³/mol. The van der Waals surface area contributed by atoms with Crippen LogP contribution in [0.5, 0.6) is 28.7 Å². The first kappa shape index (κ1) is 37.5. The van der Waals surface area contributed by atoms with Gasteiger partial charge in [-0.1, -0.05) is 63.9 Å². The van der Waals surface area contributed by atoms with Crippen LogP contribution in [0.15, 0.2) is 103 Å². The fraction of sp³-hybridized carbons (Fsp3) is 0.200. The maximum Gasteiger partial charge on any atom is 0.338 e. The van der Waals surface area contributed by atoms with Crippen LogP contribution in [0.4, 0.5) is 0 Å². The Bertz CT molecular complexity index is 1840. The first-order valence-corrected chi connectivity index (χ1v) is 15.4. The van der Waals surface area contributed by atoms with Gasteiger partial charge in [0, 0.05) is 45.0 Å². The first-order valence-electron chi connectivity index (χ1n) is 15.4. The van der Waals surface area contributed by atoms with Crippen molar-refractivity contribution in [3.05, 3.63) is 114 Å². The van der Waals surface area contributed by atoms with Gasteiger partial charge < -0.3 is 23.7 Å². The van der Waals surface area contributed by atoms with E-state index in [4.69, 9.17) is 23.7 Å².